The number of thiazole rings is 1. The molecule has 0 spiro atoms. The fourth-order valence-electron chi connectivity index (χ4n) is 3.02. The van der Waals surface area contributed by atoms with Gasteiger partial charge in [-0.1, -0.05) is 13.0 Å². The second kappa shape index (κ2) is 7.72. The number of carbonyl (C=O) groups excluding carboxylic acids is 1. The Kier molecular flexibility index (Phi) is 4.98. The summed E-state index contributed by atoms with van der Waals surface area (Å²) in [7, 11) is 0. The maximum Gasteiger partial charge on any atom is 0.139 e. The molecule has 0 bridgehead atoms. The van der Waals surface area contributed by atoms with E-state index in [2.05, 4.69) is 27.1 Å². The molecule has 3 aromatic heterocycles. The fraction of sp³-hybridized carbons (Fsp3) is 0.190. The number of rotatable bonds is 6. The first kappa shape index (κ1) is 17.4. The number of pyridine rings is 1. The average Bonchev–Trinajstić information content (AvgIpc) is 3.11. The lowest BCUT2D eigenvalue weighted by molar-refractivity contribution is -0.118. The third-order valence-corrected chi connectivity index (χ3v) is 5.35. The number of ketones is 1. The lowest BCUT2D eigenvalue weighted by atomic mass is 10.0. The van der Waals surface area contributed by atoms with Crippen LogP contribution in [0, 0.1) is 0 Å². The second-order valence-electron chi connectivity index (χ2n) is 6.28. The molecule has 27 heavy (non-hydrogen) atoms. The lowest BCUT2D eigenvalue weighted by Gasteiger charge is -2.06. The van der Waals surface area contributed by atoms with E-state index in [0.29, 0.717) is 12.8 Å². The van der Waals surface area contributed by atoms with Crippen LogP contribution in [0.1, 0.15) is 24.8 Å². The van der Waals surface area contributed by atoms with Crippen molar-refractivity contribution in [3.8, 4) is 22.4 Å². The Morgan fingerprint density at radius 1 is 1.07 bits per heavy atom. The van der Waals surface area contributed by atoms with Crippen LogP contribution < -0.4 is 0 Å². The lowest BCUT2D eigenvalue weighted by Crippen LogP contribution is -2.00. The van der Waals surface area contributed by atoms with Gasteiger partial charge in [-0.15, -0.1) is 11.3 Å². The summed E-state index contributed by atoms with van der Waals surface area (Å²) in [4.78, 5) is 29.7. The van der Waals surface area contributed by atoms with Gasteiger partial charge in [0.05, 0.1) is 28.5 Å². The van der Waals surface area contributed by atoms with Crippen molar-refractivity contribution < 1.29 is 4.79 Å². The Morgan fingerprint density at radius 3 is 2.70 bits per heavy atom. The fourth-order valence-corrected chi connectivity index (χ4v) is 4.11. The molecule has 4 aromatic rings. The van der Waals surface area contributed by atoms with Crippen LogP contribution in [0.5, 0.6) is 0 Å². The van der Waals surface area contributed by atoms with Gasteiger partial charge in [0.15, 0.2) is 0 Å². The van der Waals surface area contributed by atoms with Gasteiger partial charge in [-0.05, 0) is 30.2 Å². The number of benzene rings is 1. The van der Waals surface area contributed by atoms with Crippen LogP contribution in [-0.4, -0.2) is 25.7 Å². The van der Waals surface area contributed by atoms with Crippen LogP contribution in [0.2, 0.25) is 0 Å². The minimum atomic E-state index is 0.227. The average molecular weight is 374 g/mol. The minimum absolute atomic E-state index is 0.227. The van der Waals surface area contributed by atoms with Crippen LogP contribution in [0.4, 0.5) is 0 Å². The van der Waals surface area contributed by atoms with E-state index < -0.39 is 0 Å². The first-order valence-electron chi connectivity index (χ1n) is 8.86. The summed E-state index contributed by atoms with van der Waals surface area (Å²) < 4.78 is 1.03. The van der Waals surface area contributed by atoms with E-state index in [1.807, 2.05) is 25.3 Å². The highest BCUT2D eigenvalue weighted by molar-refractivity contribution is 7.19. The van der Waals surface area contributed by atoms with Crippen molar-refractivity contribution in [2.45, 2.75) is 26.2 Å². The normalized spacial score (nSPS) is 11.0. The monoisotopic (exact) mass is 374 g/mol. The summed E-state index contributed by atoms with van der Waals surface area (Å²) >= 11 is 1.56. The molecule has 0 N–H and O–H groups in total. The number of nitrogens with zero attached hydrogens (tertiary/aromatic N) is 4. The molecule has 0 aliphatic heterocycles. The van der Waals surface area contributed by atoms with Gasteiger partial charge in [-0.25, -0.2) is 4.98 Å². The zero-order valence-electron chi connectivity index (χ0n) is 14.9. The zero-order chi connectivity index (χ0) is 18.6. The smallest absolute Gasteiger partial charge is 0.139 e. The van der Waals surface area contributed by atoms with Crippen LogP contribution in [-0.2, 0) is 11.2 Å². The van der Waals surface area contributed by atoms with Gasteiger partial charge in [0.2, 0.25) is 0 Å². The molecule has 0 unspecified atom stereocenters. The van der Waals surface area contributed by atoms with Crippen LogP contribution in [0.3, 0.4) is 0 Å². The molecule has 0 fully saturated rings. The van der Waals surface area contributed by atoms with E-state index in [0.717, 1.165) is 44.0 Å². The summed E-state index contributed by atoms with van der Waals surface area (Å²) in [5.41, 5.74) is 4.69. The van der Waals surface area contributed by atoms with Gasteiger partial charge in [0, 0.05) is 42.3 Å². The van der Waals surface area contributed by atoms with Crippen molar-refractivity contribution >= 4 is 27.3 Å². The zero-order valence-corrected chi connectivity index (χ0v) is 15.7. The Bertz CT molecular complexity index is 1080. The number of aromatic nitrogens is 4. The summed E-state index contributed by atoms with van der Waals surface area (Å²) in [6.45, 7) is 2.02. The highest BCUT2D eigenvalue weighted by Crippen LogP contribution is 2.36. The Hall–Kier alpha value is -2.99. The number of hydrogen-bond donors (Lipinski definition) is 0. The van der Waals surface area contributed by atoms with Crippen molar-refractivity contribution in [2.75, 3.05) is 0 Å². The maximum atomic E-state index is 12.1. The molecule has 0 radical (unpaired) electrons. The molecular formula is C21H18N4OS. The Labute approximate surface area is 161 Å². The summed E-state index contributed by atoms with van der Waals surface area (Å²) in [6.07, 6.45) is 10.5. The molecule has 0 aliphatic carbocycles. The highest BCUT2D eigenvalue weighted by Gasteiger charge is 2.15. The van der Waals surface area contributed by atoms with E-state index in [9.17, 15) is 4.79 Å². The molecule has 5 nitrogen and oxygen atoms in total. The summed E-state index contributed by atoms with van der Waals surface area (Å²) in [5, 5.41) is 0.844. The minimum Gasteiger partial charge on any atom is -0.299 e. The predicted molar refractivity (Wildman–Crippen MR) is 107 cm³/mol. The number of Topliss-reactive ketones (excluding diaryl/α,β-unsaturated/α-hetero) is 1. The van der Waals surface area contributed by atoms with Crippen LogP contribution in [0.15, 0.2) is 55.2 Å². The maximum absolute atomic E-state index is 12.1. The molecule has 0 amide bonds. The van der Waals surface area contributed by atoms with Crippen LogP contribution in [0.25, 0.3) is 32.6 Å². The topological polar surface area (TPSA) is 68.6 Å². The van der Waals surface area contributed by atoms with Crippen molar-refractivity contribution in [2.24, 2.45) is 0 Å². The molecule has 3 heterocycles. The van der Waals surface area contributed by atoms with Gasteiger partial charge in [0.1, 0.15) is 10.8 Å². The van der Waals surface area contributed by atoms with E-state index in [1.165, 1.54) is 0 Å². The van der Waals surface area contributed by atoms with E-state index in [4.69, 9.17) is 4.98 Å². The van der Waals surface area contributed by atoms with Crippen molar-refractivity contribution in [1.82, 2.24) is 19.9 Å². The first-order valence-corrected chi connectivity index (χ1v) is 9.68. The Morgan fingerprint density at radius 2 is 1.96 bits per heavy atom. The molecule has 6 heteroatoms. The quantitative estimate of drug-likeness (QED) is 0.488. The van der Waals surface area contributed by atoms with Crippen LogP contribution >= 0.6 is 11.3 Å². The SMILES string of the molecule is CCCC(=O)Cc1nc2cc(-c3cccnc3)cc(-c3cnccn3)c2s1. The molecule has 1 aromatic carbocycles. The highest BCUT2D eigenvalue weighted by atomic mass is 32.1. The van der Waals surface area contributed by atoms with E-state index >= 15 is 0 Å². The van der Waals surface area contributed by atoms with Gasteiger partial charge >= 0.3 is 0 Å². The second-order valence-corrected chi connectivity index (χ2v) is 7.36. The third-order valence-electron chi connectivity index (χ3n) is 4.25. The van der Waals surface area contributed by atoms with E-state index in [1.54, 1.807) is 36.1 Å². The molecule has 0 atom stereocenters. The molecule has 0 aliphatic rings. The Balaban J connectivity index is 1.86. The van der Waals surface area contributed by atoms with Crippen molar-refractivity contribution in [3.05, 3.63) is 60.3 Å². The number of fused-ring (bicyclic) bond motifs is 1. The standard InChI is InChI=1S/C21H18N4OS/c1-2-4-16(26)11-20-25-18-10-15(14-5-3-6-22-12-14)9-17(21(18)27-20)19-13-23-7-8-24-19/h3,5-10,12-13H,2,4,11H2,1H3. The van der Waals surface area contributed by atoms with Gasteiger partial charge in [-0.2, -0.15) is 0 Å². The molecule has 4 rings (SSSR count). The van der Waals surface area contributed by atoms with Crippen molar-refractivity contribution in [1.29, 1.82) is 0 Å². The van der Waals surface area contributed by atoms with Crippen molar-refractivity contribution in [3.63, 3.8) is 0 Å². The van der Waals surface area contributed by atoms with Gasteiger partial charge in [0.25, 0.3) is 0 Å². The summed E-state index contributed by atoms with van der Waals surface area (Å²) in [6, 6.07) is 8.08. The third kappa shape index (κ3) is 3.75. The first-order chi connectivity index (χ1) is 13.2. The summed E-state index contributed by atoms with van der Waals surface area (Å²) in [5.74, 6) is 0.227. The van der Waals surface area contributed by atoms with Gasteiger partial charge < -0.3 is 0 Å². The predicted octanol–water partition coefficient (Wildman–Crippen LogP) is 4.73. The number of hydrogen-bond acceptors (Lipinski definition) is 6. The molecular weight excluding hydrogens is 356 g/mol. The molecule has 0 saturated heterocycles. The molecule has 0 saturated carbocycles. The number of carbonyl (C=O) groups is 1. The molecule has 134 valence electrons. The van der Waals surface area contributed by atoms with E-state index in [-0.39, 0.29) is 5.78 Å². The largest absolute Gasteiger partial charge is 0.299 e. The van der Waals surface area contributed by atoms with Gasteiger partial charge in [-0.3, -0.25) is 19.7 Å².